The Morgan fingerprint density at radius 1 is 0.893 bits per heavy atom. The van der Waals surface area contributed by atoms with E-state index in [-0.39, 0.29) is 5.78 Å². The van der Waals surface area contributed by atoms with Crippen LogP contribution in [-0.2, 0) is 0 Å². The lowest BCUT2D eigenvalue weighted by Gasteiger charge is -2.09. The summed E-state index contributed by atoms with van der Waals surface area (Å²) in [4.78, 5) is 17.8. The molecule has 136 valence electrons. The Hall–Kier alpha value is -3.72. The molecule has 0 bridgehead atoms. The van der Waals surface area contributed by atoms with Crippen molar-refractivity contribution in [3.05, 3.63) is 102 Å². The zero-order valence-electron chi connectivity index (χ0n) is 15.5. The van der Waals surface area contributed by atoms with Crippen molar-refractivity contribution in [2.24, 2.45) is 0 Å². The van der Waals surface area contributed by atoms with Crippen molar-refractivity contribution in [2.75, 3.05) is 7.11 Å². The molecular weight excluding hydrogens is 346 g/mol. The van der Waals surface area contributed by atoms with Gasteiger partial charge in [0.1, 0.15) is 5.75 Å². The number of pyridine rings is 1. The lowest BCUT2D eigenvalue weighted by Crippen LogP contribution is -1.99. The number of rotatable bonds is 5. The fourth-order valence-corrected chi connectivity index (χ4v) is 3.12. The predicted molar refractivity (Wildman–Crippen MR) is 114 cm³/mol. The van der Waals surface area contributed by atoms with Gasteiger partial charge in [-0.1, -0.05) is 66.7 Å². The van der Waals surface area contributed by atoms with Crippen LogP contribution >= 0.6 is 0 Å². The highest BCUT2D eigenvalue weighted by atomic mass is 16.5. The number of nitrogens with zero attached hydrogens (tertiary/aromatic N) is 1. The first-order valence-corrected chi connectivity index (χ1v) is 9.06. The summed E-state index contributed by atoms with van der Waals surface area (Å²) in [6.07, 6.45) is 3.44. The molecule has 0 N–H and O–H groups in total. The molecule has 0 aliphatic carbocycles. The minimum absolute atomic E-state index is 0.0679. The molecule has 0 saturated carbocycles. The fraction of sp³-hybridized carbons (Fsp3) is 0.0400. The van der Waals surface area contributed by atoms with E-state index in [0.29, 0.717) is 11.3 Å². The van der Waals surface area contributed by atoms with Gasteiger partial charge in [0.25, 0.3) is 0 Å². The molecule has 4 aromatic rings. The van der Waals surface area contributed by atoms with Gasteiger partial charge in [0.2, 0.25) is 0 Å². The number of carbonyl (C=O) groups is 1. The van der Waals surface area contributed by atoms with Crippen LogP contribution < -0.4 is 4.74 Å². The van der Waals surface area contributed by atoms with Crippen LogP contribution in [0.2, 0.25) is 0 Å². The van der Waals surface area contributed by atoms with E-state index < -0.39 is 0 Å². The molecule has 0 fully saturated rings. The SMILES string of the molecule is COc1ccc2nc(-c3ccccc3)cc(C(=O)/C=C\c3ccccc3)c2c1. The molecule has 0 amide bonds. The van der Waals surface area contributed by atoms with Crippen molar-refractivity contribution in [1.82, 2.24) is 4.98 Å². The Morgan fingerprint density at radius 3 is 2.32 bits per heavy atom. The first-order valence-electron chi connectivity index (χ1n) is 9.06. The van der Waals surface area contributed by atoms with Crippen molar-refractivity contribution in [3.8, 4) is 17.0 Å². The molecule has 4 rings (SSSR count). The number of carbonyl (C=O) groups excluding carboxylic acids is 1. The number of benzene rings is 3. The number of allylic oxidation sites excluding steroid dienone is 1. The van der Waals surface area contributed by atoms with Crippen molar-refractivity contribution in [2.45, 2.75) is 0 Å². The number of methoxy groups -OCH3 is 1. The third-order valence-corrected chi connectivity index (χ3v) is 4.58. The summed E-state index contributed by atoms with van der Waals surface area (Å²) in [6, 6.07) is 27.1. The number of aromatic nitrogens is 1. The average molecular weight is 365 g/mol. The van der Waals surface area contributed by atoms with Gasteiger partial charge in [-0.2, -0.15) is 0 Å². The van der Waals surface area contributed by atoms with Gasteiger partial charge in [-0.25, -0.2) is 4.98 Å². The van der Waals surface area contributed by atoms with Crippen LogP contribution in [0.3, 0.4) is 0 Å². The molecule has 0 spiro atoms. The summed E-state index contributed by atoms with van der Waals surface area (Å²) in [5.41, 5.74) is 4.10. The highest BCUT2D eigenvalue weighted by Gasteiger charge is 2.13. The fourth-order valence-electron chi connectivity index (χ4n) is 3.12. The Bertz CT molecular complexity index is 1150. The highest BCUT2D eigenvalue weighted by molar-refractivity contribution is 6.15. The van der Waals surface area contributed by atoms with E-state index in [1.807, 2.05) is 91.0 Å². The van der Waals surface area contributed by atoms with Gasteiger partial charge in [0, 0.05) is 16.5 Å². The van der Waals surface area contributed by atoms with Crippen molar-refractivity contribution in [1.29, 1.82) is 0 Å². The molecule has 1 aromatic heterocycles. The number of hydrogen-bond donors (Lipinski definition) is 0. The maximum Gasteiger partial charge on any atom is 0.186 e. The first-order chi connectivity index (χ1) is 13.7. The molecule has 0 atom stereocenters. The van der Waals surface area contributed by atoms with E-state index in [9.17, 15) is 4.79 Å². The van der Waals surface area contributed by atoms with Crippen LogP contribution in [0.4, 0.5) is 0 Å². The summed E-state index contributed by atoms with van der Waals surface area (Å²) in [7, 11) is 1.61. The average Bonchev–Trinajstić information content (AvgIpc) is 2.77. The standard InChI is InChI=1S/C25H19NO2/c1-28-20-13-14-23-21(16-20)22(17-24(26-23)19-10-6-3-7-11-19)25(27)15-12-18-8-4-2-5-9-18/h2-17H,1H3/b15-12-. The normalized spacial score (nSPS) is 11.0. The smallest absolute Gasteiger partial charge is 0.186 e. The molecule has 0 unspecified atom stereocenters. The topological polar surface area (TPSA) is 39.2 Å². The van der Waals surface area contributed by atoms with Gasteiger partial charge < -0.3 is 4.74 Å². The number of fused-ring (bicyclic) bond motifs is 1. The minimum Gasteiger partial charge on any atom is -0.497 e. The first kappa shape index (κ1) is 17.7. The van der Waals surface area contributed by atoms with Crippen molar-refractivity contribution < 1.29 is 9.53 Å². The van der Waals surface area contributed by atoms with Gasteiger partial charge in [-0.15, -0.1) is 0 Å². The van der Waals surface area contributed by atoms with Crippen LogP contribution in [0.15, 0.2) is 91.0 Å². The second-order valence-corrected chi connectivity index (χ2v) is 6.41. The van der Waals surface area contributed by atoms with E-state index in [0.717, 1.165) is 27.7 Å². The number of hydrogen-bond acceptors (Lipinski definition) is 3. The van der Waals surface area contributed by atoms with Crippen LogP contribution in [0.5, 0.6) is 5.75 Å². The monoisotopic (exact) mass is 365 g/mol. The quantitative estimate of drug-likeness (QED) is 0.331. The lowest BCUT2D eigenvalue weighted by molar-refractivity contribution is 0.104. The summed E-state index contributed by atoms with van der Waals surface area (Å²) in [5, 5.41) is 0.779. The Morgan fingerprint density at radius 2 is 1.61 bits per heavy atom. The summed E-state index contributed by atoms with van der Waals surface area (Å²) < 4.78 is 5.34. The summed E-state index contributed by atoms with van der Waals surface area (Å²) in [6.45, 7) is 0. The molecular formula is C25H19NO2. The summed E-state index contributed by atoms with van der Waals surface area (Å²) >= 11 is 0. The van der Waals surface area contributed by atoms with Crippen LogP contribution in [0.1, 0.15) is 15.9 Å². The second kappa shape index (κ2) is 7.89. The highest BCUT2D eigenvalue weighted by Crippen LogP contribution is 2.28. The molecule has 3 heteroatoms. The third kappa shape index (κ3) is 3.69. The number of ketones is 1. The van der Waals surface area contributed by atoms with Gasteiger partial charge in [-0.3, -0.25) is 4.79 Å². The molecule has 28 heavy (non-hydrogen) atoms. The van der Waals surface area contributed by atoms with Gasteiger partial charge in [0.05, 0.1) is 18.3 Å². The van der Waals surface area contributed by atoms with Gasteiger partial charge in [-0.05, 0) is 35.9 Å². The zero-order chi connectivity index (χ0) is 19.3. The van der Waals surface area contributed by atoms with E-state index in [4.69, 9.17) is 9.72 Å². The van der Waals surface area contributed by atoms with Crippen LogP contribution in [0.25, 0.3) is 28.2 Å². The van der Waals surface area contributed by atoms with Crippen molar-refractivity contribution >= 4 is 22.8 Å². The molecule has 3 nitrogen and oxygen atoms in total. The molecule has 1 heterocycles. The maximum atomic E-state index is 13.1. The third-order valence-electron chi connectivity index (χ3n) is 4.58. The zero-order valence-corrected chi connectivity index (χ0v) is 15.5. The molecule has 0 radical (unpaired) electrons. The second-order valence-electron chi connectivity index (χ2n) is 6.41. The van der Waals surface area contributed by atoms with E-state index >= 15 is 0 Å². The Balaban J connectivity index is 1.84. The van der Waals surface area contributed by atoms with Crippen LogP contribution in [-0.4, -0.2) is 17.9 Å². The lowest BCUT2D eigenvalue weighted by atomic mass is 10.00. The van der Waals surface area contributed by atoms with Crippen LogP contribution in [0, 0.1) is 0 Å². The van der Waals surface area contributed by atoms with Gasteiger partial charge >= 0.3 is 0 Å². The molecule has 0 aliphatic heterocycles. The maximum absolute atomic E-state index is 13.1. The minimum atomic E-state index is -0.0679. The van der Waals surface area contributed by atoms with Gasteiger partial charge in [0.15, 0.2) is 5.78 Å². The predicted octanol–water partition coefficient (Wildman–Crippen LogP) is 5.81. The van der Waals surface area contributed by atoms with Crippen molar-refractivity contribution in [3.63, 3.8) is 0 Å². The largest absolute Gasteiger partial charge is 0.497 e. The van der Waals surface area contributed by atoms with E-state index in [2.05, 4.69) is 0 Å². The number of ether oxygens (including phenoxy) is 1. The summed E-state index contributed by atoms with van der Waals surface area (Å²) in [5.74, 6) is 0.629. The molecule has 0 aliphatic rings. The van der Waals surface area contributed by atoms with E-state index in [1.165, 1.54) is 0 Å². The van der Waals surface area contributed by atoms with E-state index in [1.54, 1.807) is 13.2 Å². The molecule has 0 saturated heterocycles. The molecule has 3 aromatic carbocycles. The Kier molecular flexibility index (Phi) is 4.98. The Labute approximate surface area is 163 Å².